The SMILES string of the molecule is CCCCCCCCCCCCCCCCCCOCCCOP(=O)(Oc1cccc(C[C@H]2O[C@@](C#N)(c3ccc4c(N)ncnn34)[C@@H]3OC(C)(C)O[C@@H]32)c1Cl)Oc1cccc(C[C@H]2O[C@@](C#N)(c3ccc4c(N)ncnn34)[C@@H]3OC(C)(C)O[C@@H]32)c1Cl. The molecule has 4 saturated heterocycles. The molecule has 0 bridgehead atoms. The highest BCUT2D eigenvalue weighted by atomic mass is 35.5. The molecule has 4 aliphatic heterocycles. The van der Waals surface area contributed by atoms with Crippen LogP contribution in [0.25, 0.3) is 11.0 Å². The zero-order valence-corrected chi connectivity index (χ0v) is 52.8. The summed E-state index contributed by atoms with van der Waals surface area (Å²) in [5.41, 5.74) is 11.8. The highest BCUT2D eigenvalue weighted by molar-refractivity contribution is 7.49. The van der Waals surface area contributed by atoms with Crippen molar-refractivity contribution in [3.63, 3.8) is 0 Å². The van der Waals surface area contributed by atoms with Gasteiger partial charge in [-0.2, -0.15) is 20.7 Å². The summed E-state index contributed by atoms with van der Waals surface area (Å²) in [6.07, 6.45) is 18.9. The Morgan fingerprint density at radius 1 is 0.563 bits per heavy atom. The molecule has 4 aliphatic rings. The largest absolute Gasteiger partial charge is 0.587 e. The lowest BCUT2D eigenvalue weighted by Crippen LogP contribution is -2.40. The van der Waals surface area contributed by atoms with Crippen LogP contribution in [0, 0.1) is 22.7 Å². The number of phosphoric ester groups is 1. The van der Waals surface area contributed by atoms with Gasteiger partial charge in [0.1, 0.15) is 60.2 Å². The summed E-state index contributed by atoms with van der Waals surface area (Å²) in [7, 11) is -4.68. The Labute approximate surface area is 519 Å². The van der Waals surface area contributed by atoms with E-state index in [1.54, 1.807) is 88.4 Å². The molecule has 21 nitrogen and oxygen atoms in total. The first kappa shape index (κ1) is 64.3. The van der Waals surface area contributed by atoms with Gasteiger partial charge in [0.15, 0.2) is 34.7 Å². The van der Waals surface area contributed by atoms with Crippen LogP contribution in [0.3, 0.4) is 0 Å². The highest BCUT2D eigenvalue weighted by Gasteiger charge is 2.67. The van der Waals surface area contributed by atoms with Gasteiger partial charge in [0, 0.05) is 26.1 Å². The van der Waals surface area contributed by atoms with Gasteiger partial charge in [0.25, 0.3) is 0 Å². The van der Waals surface area contributed by atoms with E-state index < -0.39 is 67.2 Å². The number of nitrogens with two attached hydrogens (primary N) is 2. The molecule has 0 unspecified atom stereocenters. The van der Waals surface area contributed by atoms with Crippen molar-refractivity contribution in [2.75, 3.05) is 31.3 Å². The van der Waals surface area contributed by atoms with Crippen LogP contribution in [0.1, 0.15) is 166 Å². The van der Waals surface area contributed by atoms with Gasteiger partial charge in [0.05, 0.1) is 40.2 Å². The molecule has 4 N–H and O–H groups in total. The number of hydrogen-bond donors (Lipinski definition) is 2. The second kappa shape index (κ2) is 28.0. The zero-order valence-electron chi connectivity index (χ0n) is 50.4. The molecule has 468 valence electrons. The lowest BCUT2D eigenvalue weighted by atomic mass is 9.91. The lowest BCUT2D eigenvalue weighted by Gasteiger charge is -2.29. The standard InChI is InChI=1S/C63H81Cl2N10O11P/c1-6-7-8-9-10-11-12-13-14-15-16-17-18-19-20-21-33-77-34-24-35-78-87(76,85-46-27-22-25-42(52(46)64)36-48-54-56(83-60(2,3)81-54)62(38-66,79-48)50-31-29-44-58(68)70-40-72-74(44)50)86-47-28-23-26-43(53(47)65)37-49-55-57(84-61(4,5)82-55)63(39-67,80-49)51-32-30-45-59(69)71-41-73-75(45)51/h22-23,25-32,40-41,48-49,54-57H,6-21,24,33-37H2,1-5H3,(H2,68,70,72)(H2,69,71,73)/t48-,49-,54-,55-,56-,57-,62+,63+/m1/s1. The number of aromatic nitrogens is 6. The minimum absolute atomic E-state index is 0.0246. The number of benzene rings is 2. The lowest BCUT2D eigenvalue weighted by molar-refractivity contribution is -0.201. The predicted molar refractivity (Wildman–Crippen MR) is 327 cm³/mol. The third-order valence-electron chi connectivity index (χ3n) is 16.7. The number of hydrogen-bond acceptors (Lipinski definition) is 19. The second-order valence-corrected chi connectivity index (χ2v) is 26.2. The zero-order chi connectivity index (χ0) is 61.4. The van der Waals surface area contributed by atoms with Crippen LogP contribution in [0.2, 0.25) is 10.0 Å². The molecule has 0 amide bonds. The average molecular weight is 1260 g/mol. The van der Waals surface area contributed by atoms with Gasteiger partial charge in [-0.1, -0.05) is 151 Å². The third-order valence-corrected chi connectivity index (χ3v) is 18.9. The van der Waals surface area contributed by atoms with E-state index in [9.17, 15) is 10.5 Å². The highest BCUT2D eigenvalue weighted by Crippen LogP contribution is 2.56. The molecule has 24 heteroatoms. The van der Waals surface area contributed by atoms with Crippen molar-refractivity contribution < 1.29 is 51.3 Å². The Morgan fingerprint density at radius 2 is 0.977 bits per heavy atom. The van der Waals surface area contributed by atoms with Crippen molar-refractivity contribution in [1.82, 2.24) is 29.2 Å². The van der Waals surface area contributed by atoms with Crippen LogP contribution in [0.15, 0.2) is 73.3 Å². The molecule has 8 heterocycles. The quantitative estimate of drug-likeness (QED) is 0.0293. The number of unbranched alkanes of at least 4 members (excludes halogenated alkanes) is 15. The molecule has 0 spiro atoms. The molecule has 6 aromatic rings. The topological polar surface area (TPSA) is 269 Å². The van der Waals surface area contributed by atoms with Gasteiger partial charge in [-0.15, -0.1) is 0 Å². The fourth-order valence-corrected chi connectivity index (χ4v) is 14.4. The van der Waals surface area contributed by atoms with E-state index >= 15 is 4.57 Å². The summed E-state index contributed by atoms with van der Waals surface area (Å²) in [6, 6.07) is 21.6. The first-order valence-electron chi connectivity index (χ1n) is 30.8. The third kappa shape index (κ3) is 14.2. The Morgan fingerprint density at radius 3 is 1.40 bits per heavy atom. The smallest absolute Gasteiger partial charge is 0.393 e. The molecule has 8 atom stereocenters. The predicted octanol–water partition coefficient (Wildman–Crippen LogP) is 13.3. The molecule has 87 heavy (non-hydrogen) atoms. The monoisotopic (exact) mass is 1250 g/mol. The van der Waals surface area contributed by atoms with Crippen molar-refractivity contribution >= 4 is 53.7 Å². The maximum atomic E-state index is 15.3. The molecular formula is C63H81Cl2N10O11P. The summed E-state index contributed by atoms with van der Waals surface area (Å²) in [6.45, 7) is 10.2. The van der Waals surface area contributed by atoms with Gasteiger partial charge in [-0.25, -0.2) is 23.6 Å². The molecular weight excluding hydrogens is 1170 g/mol. The number of anilines is 2. The average Bonchev–Trinajstić information content (AvgIpc) is 1.58. The summed E-state index contributed by atoms with van der Waals surface area (Å²) in [4.78, 5) is 8.21. The van der Waals surface area contributed by atoms with Crippen molar-refractivity contribution in [1.29, 1.82) is 10.5 Å². The molecule has 2 aromatic carbocycles. The maximum Gasteiger partial charge on any atom is 0.587 e. The van der Waals surface area contributed by atoms with Crippen LogP contribution >= 0.6 is 31.0 Å². The van der Waals surface area contributed by atoms with Crippen LogP contribution in [-0.2, 0) is 66.3 Å². The molecule has 4 fully saturated rings. The number of nitrogens with zero attached hydrogens (tertiary/aromatic N) is 8. The van der Waals surface area contributed by atoms with Gasteiger partial charge < -0.3 is 53.7 Å². The van der Waals surface area contributed by atoms with Crippen LogP contribution in [-0.4, -0.2) is 97.2 Å². The van der Waals surface area contributed by atoms with Crippen molar-refractivity contribution in [2.24, 2.45) is 0 Å². The molecule has 0 aliphatic carbocycles. The van der Waals surface area contributed by atoms with Gasteiger partial charge in [-0.3, -0.25) is 4.52 Å². The van der Waals surface area contributed by atoms with E-state index in [1.165, 1.54) is 112 Å². The number of phosphoric acid groups is 1. The normalized spacial score (nSPS) is 24.6. The summed E-state index contributed by atoms with van der Waals surface area (Å²) in [5, 5.41) is 31.0. The van der Waals surface area contributed by atoms with Crippen molar-refractivity contribution in [2.45, 2.75) is 216 Å². The fraction of sp³-hybridized carbons (Fsp3) is 0.587. The van der Waals surface area contributed by atoms with Crippen LogP contribution in [0.5, 0.6) is 11.5 Å². The van der Waals surface area contributed by atoms with Crippen LogP contribution < -0.4 is 20.5 Å². The first-order chi connectivity index (χ1) is 41.9. The van der Waals surface area contributed by atoms with E-state index in [-0.39, 0.29) is 52.6 Å². The fourth-order valence-electron chi connectivity index (χ4n) is 12.5. The Hall–Kier alpha value is -5.65. The van der Waals surface area contributed by atoms with E-state index in [2.05, 4.69) is 39.2 Å². The van der Waals surface area contributed by atoms with Gasteiger partial charge in [0.2, 0.25) is 11.2 Å². The number of nitrogen functional groups attached to an aromatic ring is 2. The van der Waals surface area contributed by atoms with Gasteiger partial charge in [-0.05, 0) is 88.1 Å². The molecule has 10 rings (SSSR count). The Bertz CT molecular complexity index is 3270. The second-order valence-electron chi connectivity index (χ2n) is 24.0. The van der Waals surface area contributed by atoms with E-state index in [0.717, 1.165) is 12.8 Å². The minimum atomic E-state index is -4.68. The van der Waals surface area contributed by atoms with Crippen molar-refractivity contribution in [3.8, 4) is 23.6 Å². The summed E-state index contributed by atoms with van der Waals surface area (Å²) >= 11 is 14.5. The number of ether oxygens (including phenoxy) is 7. The minimum Gasteiger partial charge on any atom is -0.393 e. The molecule has 0 radical (unpaired) electrons. The Balaban J connectivity index is 0.817. The summed E-state index contributed by atoms with van der Waals surface area (Å²) < 4.78 is 82.3. The van der Waals surface area contributed by atoms with Crippen molar-refractivity contribution in [3.05, 3.63) is 106 Å². The van der Waals surface area contributed by atoms with E-state index in [0.29, 0.717) is 53.2 Å². The first-order valence-corrected chi connectivity index (χ1v) is 33.0. The number of nitriles is 2. The Kier molecular flexibility index (Phi) is 20.7. The van der Waals surface area contributed by atoms with E-state index in [4.69, 9.17) is 81.4 Å². The van der Waals surface area contributed by atoms with Gasteiger partial charge >= 0.3 is 7.82 Å². The molecule has 0 saturated carbocycles. The van der Waals surface area contributed by atoms with E-state index in [1.807, 2.05) is 0 Å². The number of fused-ring (bicyclic) bond motifs is 4. The summed E-state index contributed by atoms with van der Waals surface area (Å²) in [5.74, 6) is -1.77. The number of halogens is 2. The van der Waals surface area contributed by atoms with Crippen LogP contribution in [0.4, 0.5) is 11.6 Å². The molecule has 4 aromatic heterocycles. The number of rotatable bonds is 32. The maximum absolute atomic E-state index is 15.3.